The first-order chi connectivity index (χ1) is 7.95. The summed E-state index contributed by atoms with van der Waals surface area (Å²) in [6, 6.07) is 3.29. The SMILES string of the molecule is COc1cc(N[C@@H](C)C(=O)O)ccc1[N+](=O)[O-]. The molecule has 92 valence electrons. The Hall–Kier alpha value is -2.31. The molecule has 0 unspecified atom stereocenters. The van der Waals surface area contributed by atoms with Crippen LogP contribution in [0.15, 0.2) is 18.2 Å². The van der Waals surface area contributed by atoms with E-state index >= 15 is 0 Å². The lowest BCUT2D eigenvalue weighted by atomic mass is 10.2. The Balaban J connectivity index is 2.97. The molecule has 0 aliphatic heterocycles. The number of nitro groups is 1. The highest BCUT2D eigenvalue weighted by Crippen LogP contribution is 2.29. The van der Waals surface area contributed by atoms with Gasteiger partial charge in [-0.1, -0.05) is 0 Å². The normalized spacial score (nSPS) is 11.6. The van der Waals surface area contributed by atoms with Crippen LogP contribution in [0.1, 0.15) is 6.92 Å². The maximum atomic E-state index is 10.6. The summed E-state index contributed by atoms with van der Waals surface area (Å²) in [6.07, 6.45) is 0. The summed E-state index contributed by atoms with van der Waals surface area (Å²) in [6.45, 7) is 1.47. The average molecular weight is 240 g/mol. The molecule has 0 saturated heterocycles. The fourth-order valence-electron chi connectivity index (χ4n) is 1.23. The van der Waals surface area contributed by atoms with E-state index in [9.17, 15) is 14.9 Å². The van der Waals surface area contributed by atoms with E-state index in [4.69, 9.17) is 9.84 Å². The maximum Gasteiger partial charge on any atom is 0.325 e. The third-order valence-electron chi connectivity index (χ3n) is 2.13. The van der Waals surface area contributed by atoms with Crippen LogP contribution in [0, 0.1) is 10.1 Å². The minimum Gasteiger partial charge on any atom is -0.490 e. The number of benzene rings is 1. The van der Waals surface area contributed by atoms with Crippen molar-refractivity contribution in [1.29, 1.82) is 0 Å². The van der Waals surface area contributed by atoms with Gasteiger partial charge in [0.25, 0.3) is 0 Å². The highest BCUT2D eigenvalue weighted by atomic mass is 16.6. The fraction of sp³-hybridized carbons (Fsp3) is 0.300. The predicted octanol–water partition coefficient (Wildman–Crippen LogP) is 1.49. The first kappa shape index (κ1) is 12.8. The smallest absolute Gasteiger partial charge is 0.325 e. The van der Waals surface area contributed by atoms with E-state index in [0.29, 0.717) is 5.69 Å². The molecule has 0 aliphatic carbocycles. The van der Waals surface area contributed by atoms with Gasteiger partial charge in [-0.15, -0.1) is 0 Å². The Morgan fingerprint density at radius 2 is 2.24 bits per heavy atom. The molecular weight excluding hydrogens is 228 g/mol. The molecular formula is C10H12N2O5. The van der Waals surface area contributed by atoms with Crippen molar-refractivity contribution < 1.29 is 19.6 Å². The topological polar surface area (TPSA) is 102 Å². The van der Waals surface area contributed by atoms with E-state index in [1.165, 1.54) is 32.2 Å². The quantitative estimate of drug-likeness (QED) is 0.597. The van der Waals surface area contributed by atoms with E-state index in [-0.39, 0.29) is 11.4 Å². The number of hydrogen-bond donors (Lipinski definition) is 2. The van der Waals surface area contributed by atoms with Crippen molar-refractivity contribution >= 4 is 17.3 Å². The van der Waals surface area contributed by atoms with Gasteiger partial charge in [0.2, 0.25) is 0 Å². The second-order valence-electron chi connectivity index (χ2n) is 3.35. The number of ether oxygens (including phenoxy) is 1. The molecule has 0 saturated carbocycles. The van der Waals surface area contributed by atoms with E-state index in [2.05, 4.69) is 5.32 Å². The molecule has 1 rings (SSSR count). The van der Waals surface area contributed by atoms with Crippen LogP contribution in [0.4, 0.5) is 11.4 Å². The lowest BCUT2D eigenvalue weighted by Gasteiger charge is -2.11. The summed E-state index contributed by atoms with van der Waals surface area (Å²) in [5.74, 6) is -0.931. The van der Waals surface area contributed by atoms with Gasteiger partial charge in [-0.3, -0.25) is 14.9 Å². The van der Waals surface area contributed by atoms with Crippen LogP contribution in [0.3, 0.4) is 0 Å². The van der Waals surface area contributed by atoms with Crippen molar-refractivity contribution in [3.05, 3.63) is 28.3 Å². The summed E-state index contributed by atoms with van der Waals surface area (Å²) < 4.78 is 4.86. The Labute approximate surface area is 97.2 Å². The Bertz CT molecular complexity index is 446. The lowest BCUT2D eigenvalue weighted by Crippen LogP contribution is -2.25. The molecule has 7 heteroatoms. The minimum absolute atomic E-state index is 0.0811. The third kappa shape index (κ3) is 3.07. The van der Waals surface area contributed by atoms with Crippen LogP contribution >= 0.6 is 0 Å². The number of rotatable bonds is 5. The van der Waals surface area contributed by atoms with Crippen molar-refractivity contribution in [2.24, 2.45) is 0 Å². The highest BCUT2D eigenvalue weighted by molar-refractivity contribution is 5.77. The number of anilines is 1. The number of aliphatic carboxylic acids is 1. The summed E-state index contributed by atoms with van der Waals surface area (Å²) >= 11 is 0. The Morgan fingerprint density at radius 3 is 2.71 bits per heavy atom. The van der Waals surface area contributed by atoms with Gasteiger partial charge >= 0.3 is 11.7 Å². The van der Waals surface area contributed by atoms with E-state index in [0.717, 1.165) is 0 Å². The molecule has 2 N–H and O–H groups in total. The van der Waals surface area contributed by atoms with Gasteiger partial charge in [0.1, 0.15) is 6.04 Å². The summed E-state index contributed by atoms with van der Waals surface area (Å²) in [4.78, 5) is 20.7. The molecule has 1 aromatic carbocycles. The number of nitrogens with zero attached hydrogens (tertiary/aromatic N) is 1. The van der Waals surface area contributed by atoms with Crippen LogP contribution in [0.5, 0.6) is 5.75 Å². The molecule has 0 fully saturated rings. The van der Waals surface area contributed by atoms with Crippen molar-refractivity contribution in [3.8, 4) is 5.75 Å². The van der Waals surface area contributed by atoms with Crippen LogP contribution in [0.25, 0.3) is 0 Å². The number of hydrogen-bond acceptors (Lipinski definition) is 5. The van der Waals surface area contributed by atoms with Gasteiger partial charge in [-0.25, -0.2) is 0 Å². The molecule has 0 amide bonds. The summed E-state index contributed by atoms with van der Waals surface area (Å²) in [5.41, 5.74) is 0.281. The number of nitro benzene ring substituents is 1. The molecule has 0 spiro atoms. The number of nitrogens with one attached hydrogen (secondary N) is 1. The number of carboxylic acids is 1. The van der Waals surface area contributed by atoms with Crippen molar-refractivity contribution in [1.82, 2.24) is 0 Å². The zero-order valence-electron chi connectivity index (χ0n) is 9.34. The minimum atomic E-state index is -1.01. The van der Waals surface area contributed by atoms with E-state index in [1.807, 2.05) is 0 Å². The average Bonchev–Trinajstić information content (AvgIpc) is 2.28. The van der Waals surface area contributed by atoms with E-state index < -0.39 is 16.9 Å². The highest BCUT2D eigenvalue weighted by Gasteiger charge is 2.16. The largest absolute Gasteiger partial charge is 0.490 e. The number of carboxylic acid groups (broad SMARTS) is 1. The zero-order valence-corrected chi connectivity index (χ0v) is 9.34. The van der Waals surface area contributed by atoms with Gasteiger partial charge < -0.3 is 15.2 Å². The first-order valence-electron chi connectivity index (χ1n) is 4.77. The predicted molar refractivity (Wildman–Crippen MR) is 60.4 cm³/mol. The molecule has 0 aliphatic rings. The molecule has 0 aromatic heterocycles. The van der Waals surface area contributed by atoms with Gasteiger partial charge in [0.15, 0.2) is 5.75 Å². The van der Waals surface area contributed by atoms with Crippen LogP contribution in [0.2, 0.25) is 0 Å². The van der Waals surface area contributed by atoms with Crippen molar-refractivity contribution in [2.75, 3.05) is 12.4 Å². The van der Waals surface area contributed by atoms with Crippen LogP contribution in [-0.2, 0) is 4.79 Å². The number of methoxy groups -OCH3 is 1. The molecule has 17 heavy (non-hydrogen) atoms. The second kappa shape index (κ2) is 5.15. The van der Waals surface area contributed by atoms with Crippen LogP contribution in [-0.4, -0.2) is 29.2 Å². The Morgan fingerprint density at radius 1 is 1.59 bits per heavy atom. The summed E-state index contributed by atoms with van der Waals surface area (Å²) in [7, 11) is 1.31. The molecule has 0 heterocycles. The van der Waals surface area contributed by atoms with Crippen molar-refractivity contribution in [3.63, 3.8) is 0 Å². The molecule has 1 aromatic rings. The first-order valence-corrected chi connectivity index (χ1v) is 4.77. The van der Waals surface area contributed by atoms with Gasteiger partial charge in [0.05, 0.1) is 12.0 Å². The standard InChI is InChI=1S/C10H12N2O5/c1-6(10(13)14)11-7-3-4-8(12(15)16)9(5-7)17-2/h3-6,11H,1-2H3,(H,13,14)/t6-/m0/s1. The van der Waals surface area contributed by atoms with Gasteiger partial charge in [-0.2, -0.15) is 0 Å². The summed E-state index contributed by atoms with van der Waals surface area (Å²) in [5, 5.41) is 22.0. The third-order valence-corrected chi connectivity index (χ3v) is 2.13. The lowest BCUT2D eigenvalue weighted by molar-refractivity contribution is -0.385. The zero-order chi connectivity index (χ0) is 13.0. The molecule has 0 radical (unpaired) electrons. The number of carbonyl (C=O) groups is 1. The van der Waals surface area contributed by atoms with Crippen molar-refractivity contribution in [2.45, 2.75) is 13.0 Å². The van der Waals surface area contributed by atoms with Gasteiger partial charge in [-0.05, 0) is 13.0 Å². The molecule has 0 bridgehead atoms. The Kier molecular flexibility index (Phi) is 3.86. The fourth-order valence-corrected chi connectivity index (χ4v) is 1.23. The van der Waals surface area contributed by atoms with Gasteiger partial charge in [0, 0.05) is 17.8 Å². The monoisotopic (exact) mass is 240 g/mol. The van der Waals surface area contributed by atoms with Crippen LogP contribution < -0.4 is 10.1 Å². The van der Waals surface area contributed by atoms with E-state index in [1.54, 1.807) is 0 Å². The molecule has 1 atom stereocenters. The second-order valence-corrected chi connectivity index (χ2v) is 3.35. The molecule has 7 nitrogen and oxygen atoms in total. The maximum absolute atomic E-state index is 10.6.